The third kappa shape index (κ3) is 3.15. The van der Waals surface area contributed by atoms with E-state index in [2.05, 4.69) is 10.3 Å². The van der Waals surface area contributed by atoms with Crippen molar-refractivity contribution in [2.75, 3.05) is 7.05 Å². The largest absolute Gasteiger partial charge is 0.504 e. The predicted octanol–water partition coefficient (Wildman–Crippen LogP) is 2.68. The van der Waals surface area contributed by atoms with Gasteiger partial charge in [0.1, 0.15) is 0 Å². The molecule has 0 aliphatic rings. The Labute approximate surface area is 152 Å². The van der Waals surface area contributed by atoms with Crippen molar-refractivity contribution in [3.63, 3.8) is 0 Å². The minimum Gasteiger partial charge on any atom is -0.504 e. The first-order chi connectivity index (χ1) is 12.4. The zero-order valence-electron chi connectivity index (χ0n) is 15.2. The first-order valence-electron chi connectivity index (χ1n) is 8.59. The quantitative estimate of drug-likeness (QED) is 0.658. The number of aliphatic hydroxyl groups excluding tert-OH is 1. The second-order valence-corrected chi connectivity index (χ2v) is 6.39. The number of amides is 1. The van der Waals surface area contributed by atoms with E-state index in [0.29, 0.717) is 29.6 Å². The van der Waals surface area contributed by atoms with Crippen molar-refractivity contribution in [3.05, 3.63) is 64.6 Å². The van der Waals surface area contributed by atoms with Crippen LogP contribution in [0.2, 0.25) is 0 Å². The maximum atomic E-state index is 12.3. The van der Waals surface area contributed by atoms with Gasteiger partial charge in [-0.05, 0) is 32.3 Å². The summed E-state index contributed by atoms with van der Waals surface area (Å²) in [6.07, 6.45) is 1.77. The van der Waals surface area contributed by atoms with E-state index in [0.717, 1.165) is 17.0 Å². The van der Waals surface area contributed by atoms with Gasteiger partial charge in [-0.2, -0.15) is 0 Å². The zero-order valence-corrected chi connectivity index (χ0v) is 15.2. The van der Waals surface area contributed by atoms with Crippen LogP contribution in [-0.4, -0.2) is 32.6 Å². The standard InChI is InChI=1S/C20H23N3O3/c1-12-13(2)23-11-16(20(26)21-3)15(18(25)19(23)22-12)9-10-17(24)14-7-5-4-6-8-14/h4-8,11,17,24-25H,9-10H2,1-3H3,(H,21,26)/t17-/m1/s1. The first-order valence-corrected chi connectivity index (χ1v) is 8.59. The number of benzene rings is 1. The van der Waals surface area contributed by atoms with E-state index in [1.54, 1.807) is 17.6 Å². The Morgan fingerprint density at radius 2 is 1.96 bits per heavy atom. The molecule has 1 aromatic carbocycles. The SMILES string of the molecule is CNC(=O)c1cn2c(C)c(C)nc2c(O)c1CC[C@@H](O)c1ccccc1. The molecule has 1 amide bonds. The van der Waals surface area contributed by atoms with Crippen molar-refractivity contribution >= 4 is 11.6 Å². The summed E-state index contributed by atoms with van der Waals surface area (Å²) in [5.74, 6) is -0.292. The number of aromatic hydroxyl groups is 1. The Kier molecular flexibility index (Phi) is 4.95. The Morgan fingerprint density at radius 3 is 2.62 bits per heavy atom. The van der Waals surface area contributed by atoms with E-state index in [4.69, 9.17) is 0 Å². The van der Waals surface area contributed by atoms with Crippen molar-refractivity contribution in [2.24, 2.45) is 0 Å². The monoisotopic (exact) mass is 353 g/mol. The molecule has 6 heteroatoms. The molecule has 26 heavy (non-hydrogen) atoms. The number of nitrogens with zero attached hydrogens (tertiary/aromatic N) is 2. The maximum Gasteiger partial charge on any atom is 0.252 e. The Balaban J connectivity index is 2.00. The van der Waals surface area contributed by atoms with Crippen molar-refractivity contribution in [1.29, 1.82) is 0 Å². The van der Waals surface area contributed by atoms with Gasteiger partial charge in [0.15, 0.2) is 11.4 Å². The molecule has 0 radical (unpaired) electrons. The molecule has 0 aliphatic carbocycles. The highest BCUT2D eigenvalue weighted by molar-refractivity contribution is 5.96. The molecular formula is C20H23N3O3. The maximum absolute atomic E-state index is 12.3. The molecule has 0 bridgehead atoms. The van der Waals surface area contributed by atoms with Crippen LogP contribution in [0.5, 0.6) is 5.75 Å². The van der Waals surface area contributed by atoms with Gasteiger partial charge in [-0.3, -0.25) is 4.79 Å². The fourth-order valence-corrected chi connectivity index (χ4v) is 3.13. The van der Waals surface area contributed by atoms with E-state index in [9.17, 15) is 15.0 Å². The molecule has 0 spiro atoms. The van der Waals surface area contributed by atoms with Crippen LogP contribution in [0.15, 0.2) is 36.5 Å². The van der Waals surface area contributed by atoms with Gasteiger partial charge in [-0.25, -0.2) is 4.98 Å². The van der Waals surface area contributed by atoms with Gasteiger partial charge in [-0.15, -0.1) is 0 Å². The molecule has 2 aromatic heterocycles. The summed E-state index contributed by atoms with van der Waals surface area (Å²) in [7, 11) is 1.55. The molecule has 3 aromatic rings. The molecule has 6 nitrogen and oxygen atoms in total. The molecule has 3 rings (SSSR count). The molecule has 0 saturated heterocycles. The number of aliphatic hydroxyl groups is 1. The number of imidazole rings is 1. The highest BCUT2D eigenvalue weighted by atomic mass is 16.3. The van der Waals surface area contributed by atoms with Gasteiger partial charge in [0, 0.05) is 24.5 Å². The van der Waals surface area contributed by atoms with Gasteiger partial charge in [0.2, 0.25) is 0 Å². The second kappa shape index (κ2) is 7.17. The van der Waals surface area contributed by atoms with Crippen LogP contribution >= 0.6 is 0 Å². The number of fused-ring (bicyclic) bond motifs is 1. The number of carbonyl (C=O) groups excluding carboxylic acids is 1. The van der Waals surface area contributed by atoms with Gasteiger partial charge in [-0.1, -0.05) is 30.3 Å². The summed E-state index contributed by atoms with van der Waals surface area (Å²) >= 11 is 0. The topological polar surface area (TPSA) is 86.9 Å². The summed E-state index contributed by atoms with van der Waals surface area (Å²) < 4.78 is 1.73. The summed E-state index contributed by atoms with van der Waals surface area (Å²) in [6, 6.07) is 9.34. The summed E-state index contributed by atoms with van der Waals surface area (Å²) in [4.78, 5) is 16.7. The van der Waals surface area contributed by atoms with Crippen molar-refractivity contribution in [1.82, 2.24) is 14.7 Å². The fourth-order valence-electron chi connectivity index (χ4n) is 3.13. The highest BCUT2D eigenvalue weighted by Gasteiger charge is 2.21. The number of hydrogen-bond donors (Lipinski definition) is 3. The minimum absolute atomic E-state index is 0.0115. The summed E-state index contributed by atoms with van der Waals surface area (Å²) in [5.41, 5.74) is 3.79. The normalized spacial score (nSPS) is 12.3. The van der Waals surface area contributed by atoms with Gasteiger partial charge >= 0.3 is 0 Å². The van der Waals surface area contributed by atoms with Gasteiger partial charge < -0.3 is 19.9 Å². The first kappa shape index (κ1) is 17.9. The summed E-state index contributed by atoms with van der Waals surface area (Å²) in [6.45, 7) is 3.75. The minimum atomic E-state index is -0.674. The zero-order chi connectivity index (χ0) is 18.8. The number of carbonyl (C=O) groups is 1. The van der Waals surface area contributed by atoms with E-state index < -0.39 is 6.10 Å². The Bertz CT molecular complexity index is 948. The van der Waals surface area contributed by atoms with Crippen LogP contribution in [0.3, 0.4) is 0 Å². The highest BCUT2D eigenvalue weighted by Crippen LogP contribution is 2.31. The predicted molar refractivity (Wildman–Crippen MR) is 99.4 cm³/mol. The smallest absolute Gasteiger partial charge is 0.252 e. The van der Waals surface area contributed by atoms with Crippen LogP contribution in [0.1, 0.15) is 45.4 Å². The molecule has 2 heterocycles. The van der Waals surface area contributed by atoms with Crippen LogP contribution in [-0.2, 0) is 6.42 Å². The Morgan fingerprint density at radius 1 is 1.27 bits per heavy atom. The average Bonchev–Trinajstić information content (AvgIpc) is 2.95. The molecule has 0 unspecified atom stereocenters. The number of aromatic nitrogens is 2. The lowest BCUT2D eigenvalue weighted by molar-refractivity contribution is 0.0960. The van der Waals surface area contributed by atoms with Crippen molar-refractivity contribution < 1.29 is 15.0 Å². The van der Waals surface area contributed by atoms with Crippen LogP contribution in [0.25, 0.3) is 5.65 Å². The van der Waals surface area contributed by atoms with Crippen LogP contribution < -0.4 is 5.32 Å². The van der Waals surface area contributed by atoms with Crippen molar-refractivity contribution in [2.45, 2.75) is 32.8 Å². The van der Waals surface area contributed by atoms with Crippen LogP contribution in [0.4, 0.5) is 0 Å². The molecule has 1 atom stereocenters. The number of pyridine rings is 1. The molecule has 0 saturated carbocycles. The lowest BCUT2D eigenvalue weighted by Gasteiger charge is -2.15. The molecule has 0 fully saturated rings. The van der Waals surface area contributed by atoms with E-state index in [1.165, 1.54) is 0 Å². The lowest BCUT2D eigenvalue weighted by Crippen LogP contribution is -2.21. The average molecular weight is 353 g/mol. The third-order valence-electron chi connectivity index (χ3n) is 4.79. The molecular weight excluding hydrogens is 330 g/mol. The molecule has 3 N–H and O–H groups in total. The van der Waals surface area contributed by atoms with Gasteiger partial charge in [0.05, 0.1) is 17.4 Å². The number of rotatable bonds is 5. The number of nitrogens with one attached hydrogen (secondary N) is 1. The van der Waals surface area contributed by atoms with Crippen LogP contribution in [0, 0.1) is 13.8 Å². The van der Waals surface area contributed by atoms with E-state index in [-0.39, 0.29) is 11.7 Å². The summed E-state index contributed by atoms with van der Waals surface area (Å²) in [5, 5.41) is 23.8. The second-order valence-electron chi connectivity index (χ2n) is 6.39. The number of hydrogen-bond acceptors (Lipinski definition) is 4. The lowest BCUT2D eigenvalue weighted by atomic mass is 9.98. The fraction of sp³-hybridized carbons (Fsp3) is 0.300. The third-order valence-corrected chi connectivity index (χ3v) is 4.79. The molecule has 0 aliphatic heterocycles. The van der Waals surface area contributed by atoms with Crippen molar-refractivity contribution in [3.8, 4) is 5.75 Å². The molecule has 136 valence electrons. The van der Waals surface area contributed by atoms with E-state index >= 15 is 0 Å². The van der Waals surface area contributed by atoms with Gasteiger partial charge in [0.25, 0.3) is 5.91 Å². The van der Waals surface area contributed by atoms with E-state index in [1.807, 2.05) is 44.2 Å². The number of aryl methyl sites for hydroxylation is 2. The Hall–Kier alpha value is -2.86.